The van der Waals surface area contributed by atoms with Crippen LogP contribution < -0.4 is 10.6 Å². The van der Waals surface area contributed by atoms with Crippen LogP contribution in [0, 0.1) is 0 Å². The van der Waals surface area contributed by atoms with Crippen molar-refractivity contribution in [3.63, 3.8) is 0 Å². The molecule has 0 fully saturated rings. The molecule has 138 valence electrons. The average molecular weight is 374 g/mol. The SMILES string of the molecule is CN=C(NCCc1cccc(C(=O)N(C)C)c1)NCc1ccc(Cl)nc1. The number of aliphatic imine (C=N–C) groups is 1. The lowest BCUT2D eigenvalue weighted by Crippen LogP contribution is -2.37. The molecule has 1 amide bonds. The molecule has 1 aromatic carbocycles. The highest BCUT2D eigenvalue weighted by Crippen LogP contribution is 2.08. The first-order chi connectivity index (χ1) is 12.5. The molecule has 26 heavy (non-hydrogen) atoms. The summed E-state index contributed by atoms with van der Waals surface area (Å²) in [5.74, 6) is 0.717. The lowest BCUT2D eigenvalue weighted by molar-refractivity contribution is 0.0827. The number of guanidine groups is 1. The largest absolute Gasteiger partial charge is 0.356 e. The Morgan fingerprint density at radius 2 is 2.00 bits per heavy atom. The monoisotopic (exact) mass is 373 g/mol. The average Bonchev–Trinajstić information content (AvgIpc) is 2.65. The van der Waals surface area contributed by atoms with Crippen LogP contribution in [-0.2, 0) is 13.0 Å². The highest BCUT2D eigenvalue weighted by atomic mass is 35.5. The van der Waals surface area contributed by atoms with Crippen LogP contribution >= 0.6 is 11.6 Å². The number of carbonyl (C=O) groups is 1. The van der Waals surface area contributed by atoms with Crippen LogP contribution in [0.25, 0.3) is 0 Å². The van der Waals surface area contributed by atoms with Crippen LogP contribution in [0.5, 0.6) is 0 Å². The van der Waals surface area contributed by atoms with Crippen molar-refractivity contribution in [3.05, 3.63) is 64.4 Å². The van der Waals surface area contributed by atoms with Crippen molar-refractivity contribution in [1.29, 1.82) is 0 Å². The first-order valence-electron chi connectivity index (χ1n) is 8.35. The second kappa shape index (κ2) is 9.77. The standard InChI is InChI=1S/C19H24ClN5O/c1-21-19(24-13-15-7-8-17(20)23-12-15)22-10-9-14-5-4-6-16(11-14)18(26)25(2)3/h4-8,11-12H,9-10,13H2,1-3H3,(H2,21,22,24). The van der Waals surface area contributed by atoms with Crippen molar-refractivity contribution in [2.45, 2.75) is 13.0 Å². The Balaban J connectivity index is 1.83. The van der Waals surface area contributed by atoms with Crippen molar-refractivity contribution in [1.82, 2.24) is 20.5 Å². The minimum atomic E-state index is 0.00820. The molecule has 0 atom stereocenters. The molecule has 0 radical (unpaired) electrons. The third kappa shape index (κ3) is 6.04. The summed E-state index contributed by atoms with van der Waals surface area (Å²) in [6.07, 6.45) is 2.52. The van der Waals surface area contributed by atoms with Gasteiger partial charge < -0.3 is 15.5 Å². The van der Waals surface area contributed by atoms with Crippen LogP contribution in [0.2, 0.25) is 5.15 Å². The number of benzene rings is 1. The van der Waals surface area contributed by atoms with Gasteiger partial charge in [0.25, 0.3) is 5.91 Å². The maximum Gasteiger partial charge on any atom is 0.253 e. The van der Waals surface area contributed by atoms with E-state index < -0.39 is 0 Å². The van der Waals surface area contributed by atoms with Crippen molar-refractivity contribution >= 4 is 23.5 Å². The van der Waals surface area contributed by atoms with Crippen LogP contribution in [0.4, 0.5) is 0 Å². The molecule has 7 heteroatoms. The van der Waals surface area contributed by atoms with Crippen molar-refractivity contribution in [2.24, 2.45) is 4.99 Å². The quantitative estimate of drug-likeness (QED) is 0.463. The summed E-state index contributed by atoms with van der Waals surface area (Å²) < 4.78 is 0. The Morgan fingerprint density at radius 1 is 1.19 bits per heavy atom. The minimum absolute atomic E-state index is 0.00820. The number of rotatable bonds is 6. The number of aromatic nitrogens is 1. The van der Waals surface area contributed by atoms with E-state index in [9.17, 15) is 4.79 Å². The van der Waals surface area contributed by atoms with E-state index in [2.05, 4.69) is 20.6 Å². The third-order valence-corrected chi connectivity index (χ3v) is 3.98. The second-order valence-corrected chi connectivity index (χ2v) is 6.38. The molecule has 0 saturated heterocycles. The van der Waals surface area contributed by atoms with E-state index in [0.717, 1.165) is 17.5 Å². The highest BCUT2D eigenvalue weighted by molar-refractivity contribution is 6.29. The number of hydrogen-bond donors (Lipinski definition) is 2. The van der Waals surface area contributed by atoms with Crippen LogP contribution in [0.3, 0.4) is 0 Å². The fourth-order valence-corrected chi connectivity index (χ4v) is 2.47. The Morgan fingerprint density at radius 3 is 2.65 bits per heavy atom. The van der Waals surface area contributed by atoms with E-state index in [1.54, 1.807) is 38.3 Å². The van der Waals surface area contributed by atoms with Gasteiger partial charge in [-0.1, -0.05) is 29.8 Å². The van der Waals surface area contributed by atoms with Crippen LogP contribution in [0.1, 0.15) is 21.5 Å². The van der Waals surface area contributed by atoms with E-state index in [4.69, 9.17) is 11.6 Å². The van der Waals surface area contributed by atoms with E-state index in [0.29, 0.717) is 29.8 Å². The molecule has 0 saturated carbocycles. The summed E-state index contributed by atoms with van der Waals surface area (Å²) in [5, 5.41) is 6.98. The normalized spacial score (nSPS) is 11.2. The van der Waals surface area contributed by atoms with Gasteiger partial charge in [0.2, 0.25) is 0 Å². The summed E-state index contributed by atoms with van der Waals surface area (Å²) >= 11 is 5.78. The molecule has 1 aromatic heterocycles. The van der Waals surface area contributed by atoms with Gasteiger partial charge in [0, 0.05) is 46.0 Å². The van der Waals surface area contributed by atoms with E-state index >= 15 is 0 Å². The maximum absolute atomic E-state index is 12.0. The fraction of sp³-hybridized carbons (Fsp3) is 0.316. The molecule has 0 unspecified atom stereocenters. The molecule has 1 heterocycles. The van der Waals surface area contributed by atoms with Gasteiger partial charge in [-0.05, 0) is 35.7 Å². The molecule has 0 bridgehead atoms. The fourth-order valence-electron chi connectivity index (χ4n) is 2.36. The molecule has 0 spiro atoms. The third-order valence-electron chi connectivity index (χ3n) is 3.76. The first kappa shape index (κ1) is 19.7. The van der Waals surface area contributed by atoms with Crippen molar-refractivity contribution < 1.29 is 4.79 Å². The number of carbonyl (C=O) groups excluding carboxylic acids is 1. The molecule has 0 aliphatic heterocycles. The number of nitrogens with one attached hydrogen (secondary N) is 2. The molecule has 2 N–H and O–H groups in total. The zero-order valence-corrected chi connectivity index (χ0v) is 16.0. The Hall–Kier alpha value is -2.60. The van der Waals surface area contributed by atoms with Gasteiger partial charge >= 0.3 is 0 Å². The van der Waals surface area contributed by atoms with Gasteiger partial charge in [0.05, 0.1) is 0 Å². The smallest absolute Gasteiger partial charge is 0.253 e. The summed E-state index contributed by atoms with van der Waals surface area (Å²) in [6.45, 7) is 1.31. The van der Waals surface area contributed by atoms with E-state index in [1.165, 1.54) is 0 Å². The first-order valence-corrected chi connectivity index (χ1v) is 8.73. The topological polar surface area (TPSA) is 69.6 Å². The molecule has 0 aliphatic carbocycles. The van der Waals surface area contributed by atoms with Gasteiger partial charge in [-0.2, -0.15) is 0 Å². The van der Waals surface area contributed by atoms with Crippen molar-refractivity contribution in [2.75, 3.05) is 27.7 Å². The number of amides is 1. The number of nitrogens with zero attached hydrogens (tertiary/aromatic N) is 3. The molecule has 6 nitrogen and oxygen atoms in total. The zero-order chi connectivity index (χ0) is 18.9. The summed E-state index contributed by atoms with van der Waals surface area (Å²) in [7, 11) is 5.23. The summed E-state index contributed by atoms with van der Waals surface area (Å²) in [5.41, 5.74) is 2.82. The van der Waals surface area contributed by atoms with Gasteiger partial charge in [-0.15, -0.1) is 0 Å². The molecular weight excluding hydrogens is 350 g/mol. The predicted molar refractivity (Wildman–Crippen MR) is 106 cm³/mol. The number of pyridine rings is 1. The van der Waals surface area contributed by atoms with E-state index in [-0.39, 0.29) is 5.91 Å². The Kier molecular flexibility index (Phi) is 7.41. The molecule has 2 rings (SSSR count). The number of halogens is 1. The highest BCUT2D eigenvalue weighted by Gasteiger charge is 2.08. The maximum atomic E-state index is 12.0. The van der Waals surface area contributed by atoms with Crippen molar-refractivity contribution in [3.8, 4) is 0 Å². The lowest BCUT2D eigenvalue weighted by Gasteiger charge is -2.13. The van der Waals surface area contributed by atoms with Gasteiger partial charge in [0.15, 0.2) is 5.96 Å². The van der Waals surface area contributed by atoms with Gasteiger partial charge in [-0.3, -0.25) is 9.79 Å². The van der Waals surface area contributed by atoms with Crippen LogP contribution in [0.15, 0.2) is 47.6 Å². The lowest BCUT2D eigenvalue weighted by atomic mass is 10.1. The Labute approximate surface area is 159 Å². The van der Waals surface area contributed by atoms with Gasteiger partial charge in [-0.25, -0.2) is 4.98 Å². The minimum Gasteiger partial charge on any atom is -0.356 e. The van der Waals surface area contributed by atoms with E-state index in [1.807, 2.05) is 30.3 Å². The van der Waals surface area contributed by atoms with Crippen LogP contribution in [-0.4, -0.2) is 49.4 Å². The predicted octanol–water partition coefficient (Wildman–Crippen LogP) is 2.34. The van der Waals surface area contributed by atoms with Gasteiger partial charge in [0.1, 0.15) is 5.15 Å². The molecule has 2 aromatic rings. The second-order valence-electron chi connectivity index (χ2n) is 5.99. The summed E-state index contributed by atoms with van der Waals surface area (Å²) in [4.78, 5) is 21.9. The zero-order valence-electron chi connectivity index (χ0n) is 15.3. The number of hydrogen-bond acceptors (Lipinski definition) is 3. The Bertz CT molecular complexity index is 759. The summed E-state index contributed by atoms with van der Waals surface area (Å²) in [6, 6.07) is 11.4. The molecular formula is C19H24ClN5O. The molecule has 0 aliphatic rings.